The zero-order valence-corrected chi connectivity index (χ0v) is 13.6. The number of ether oxygens (including phenoxy) is 1. The first-order valence-corrected chi connectivity index (χ1v) is 8.42. The maximum Gasteiger partial charge on any atom is 0.222 e. The summed E-state index contributed by atoms with van der Waals surface area (Å²) >= 11 is 0. The van der Waals surface area contributed by atoms with E-state index < -0.39 is 0 Å². The van der Waals surface area contributed by atoms with Crippen LogP contribution in [0.3, 0.4) is 0 Å². The maximum atomic E-state index is 12.3. The number of hydrogen-bond acceptors (Lipinski definition) is 4. The van der Waals surface area contributed by atoms with Crippen LogP contribution in [0.1, 0.15) is 32.6 Å². The van der Waals surface area contributed by atoms with Gasteiger partial charge in [-0.2, -0.15) is 0 Å². The largest absolute Gasteiger partial charge is 0.383 e. The van der Waals surface area contributed by atoms with Crippen LogP contribution in [0.4, 0.5) is 0 Å². The first kappa shape index (κ1) is 16.7. The number of amides is 1. The van der Waals surface area contributed by atoms with Crippen molar-refractivity contribution in [3.8, 4) is 0 Å². The van der Waals surface area contributed by atoms with E-state index in [2.05, 4.69) is 22.0 Å². The molecule has 0 aromatic heterocycles. The van der Waals surface area contributed by atoms with Crippen molar-refractivity contribution in [1.29, 1.82) is 0 Å². The van der Waals surface area contributed by atoms with E-state index in [1.54, 1.807) is 7.11 Å². The number of nitrogens with one attached hydrogen (secondary N) is 1. The third-order valence-electron chi connectivity index (χ3n) is 4.92. The fraction of sp³-hybridized carbons (Fsp3) is 0.938. The van der Waals surface area contributed by atoms with Gasteiger partial charge in [-0.05, 0) is 45.2 Å². The van der Waals surface area contributed by atoms with E-state index in [9.17, 15) is 4.79 Å². The lowest BCUT2D eigenvalue weighted by Gasteiger charge is -2.38. The number of nitrogens with zero attached hydrogens (tertiary/aromatic N) is 2. The normalized spacial score (nSPS) is 23.2. The van der Waals surface area contributed by atoms with E-state index >= 15 is 0 Å². The Hall–Kier alpha value is -0.650. The lowest BCUT2D eigenvalue weighted by Crippen LogP contribution is -2.52. The molecule has 2 saturated heterocycles. The smallest absolute Gasteiger partial charge is 0.222 e. The molecule has 0 aromatic rings. The summed E-state index contributed by atoms with van der Waals surface area (Å²) in [5.74, 6) is 1.10. The second kappa shape index (κ2) is 8.71. The average Bonchev–Trinajstić information content (AvgIpc) is 2.54. The molecule has 0 saturated carbocycles. The lowest BCUT2D eigenvalue weighted by atomic mass is 9.93. The van der Waals surface area contributed by atoms with Crippen molar-refractivity contribution in [2.75, 3.05) is 53.0 Å². The highest BCUT2D eigenvalue weighted by molar-refractivity contribution is 5.76. The summed E-state index contributed by atoms with van der Waals surface area (Å²) in [5, 5.41) is 3.38. The summed E-state index contributed by atoms with van der Waals surface area (Å²) < 4.78 is 5.21. The number of piperidine rings is 1. The molecule has 0 bridgehead atoms. The van der Waals surface area contributed by atoms with Gasteiger partial charge in [0.25, 0.3) is 0 Å². The number of carbonyl (C=O) groups excluding carboxylic acids is 1. The second-order valence-electron chi connectivity index (χ2n) is 6.45. The summed E-state index contributed by atoms with van der Waals surface area (Å²) in [6.07, 6.45) is 4.27. The number of hydrogen-bond donors (Lipinski definition) is 1. The first-order chi connectivity index (χ1) is 10.2. The van der Waals surface area contributed by atoms with Crippen LogP contribution in [-0.4, -0.2) is 74.7 Å². The lowest BCUT2D eigenvalue weighted by molar-refractivity contribution is -0.133. The Kier molecular flexibility index (Phi) is 6.93. The minimum Gasteiger partial charge on any atom is -0.383 e. The van der Waals surface area contributed by atoms with Crippen LogP contribution in [0.25, 0.3) is 0 Å². The van der Waals surface area contributed by atoms with Gasteiger partial charge in [-0.25, -0.2) is 0 Å². The molecule has 122 valence electrons. The Bertz CT molecular complexity index is 311. The van der Waals surface area contributed by atoms with Crippen LogP contribution < -0.4 is 5.32 Å². The standard InChI is InChI=1S/C16H31N3O2/c1-14(13-21-2)18-9-11-19(12-10-18)16(20)4-3-15-5-7-17-8-6-15/h14-15,17H,3-13H2,1-2H3/t14-/m0/s1. The molecular weight excluding hydrogens is 266 g/mol. The topological polar surface area (TPSA) is 44.8 Å². The number of piperazine rings is 1. The number of carbonyl (C=O) groups is 1. The molecule has 5 nitrogen and oxygen atoms in total. The molecule has 2 aliphatic rings. The van der Waals surface area contributed by atoms with Crippen LogP contribution in [0.5, 0.6) is 0 Å². The molecule has 0 radical (unpaired) electrons. The van der Waals surface area contributed by atoms with Crippen molar-refractivity contribution >= 4 is 5.91 Å². The quantitative estimate of drug-likeness (QED) is 0.793. The van der Waals surface area contributed by atoms with Gasteiger partial charge >= 0.3 is 0 Å². The molecule has 1 N–H and O–H groups in total. The molecule has 1 atom stereocenters. The fourth-order valence-electron chi connectivity index (χ4n) is 3.41. The van der Waals surface area contributed by atoms with Crippen molar-refractivity contribution in [1.82, 2.24) is 15.1 Å². The monoisotopic (exact) mass is 297 g/mol. The summed E-state index contributed by atoms with van der Waals surface area (Å²) in [6, 6.07) is 0.446. The Labute approximate surface area is 129 Å². The van der Waals surface area contributed by atoms with E-state index in [0.717, 1.165) is 64.6 Å². The van der Waals surface area contributed by atoms with Gasteiger partial charge in [-0.1, -0.05) is 0 Å². The summed E-state index contributed by atoms with van der Waals surface area (Å²) in [6.45, 7) is 8.90. The van der Waals surface area contributed by atoms with Crippen molar-refractivity contribution in [2.45, 2.75) is 38.6 Å². The van der Waals surface area contributed by atoms with Crippen LogP contribution in [0.15, 0.2) is 0 Å². The predicted octanol–water partition coefficient (Wildman–Crippen LogP) is 0.945. The number of methoxy groups -OCH3 is 1. The number of rotatable bonds is 6. The van der Waals surface area contributed by atoms with Crippen LogP contribution >= 0.6 is 0 Å². The average molecular weight is 297 g/mol. The highest BCUT2D eigenvalue weighted by Gasteiger charge is 2.24. The van der Waals surface area contributed by atoms with Crippen LogP contribution in [0, 0.1) is 5.92 Å². The molecular formula is C16H31N3O2. The third kappa shape index (κ3) is 5.24. The van der Waals surface area contributed by atoms with E-state index in [-0.39, 0.29) is 0 Å². The molecule has 0 aromatic carbocycles. The predicted molar refractivity (Wildman–Crippen MR) is 84.3 cm³/mol. The molecule has 1 amide bonds. The zero-order valence-electron chi connectivity index (χ0n) is 13.6. The fourth-order valence-corrected chi connectivity index (χ4v) is 3.41. The third-order valence-corrected chi connectivity index (χ3v) is 4.92. The first-order valence-electron chi connectivity index (χ1n) is 8.42. The van der Waals surface area contributed by atoms with Gasteiger partial charge < -0.3 is 15.0 Å². The van der Waals surface area contributed by atoms with Crippen molar-refractivity contribution in [2.24, 2.45) is 5.92 Å². The van der Waals surface area contributed by atoms with Crippen molar-refractivity contribution in [3.05, 3.63) is 0 Å². The van der Waals surface area contributed by atoms with Gasteiger partial charge in [0.05, 0.1) is 6.61 Å². The molecule has 5 heteroatoms. The van der Waals surface area contributed by atoms with E-state index in [1.165, 1.54) is 12.8 Å². The van der Waals surface area contributed by atoms with E-state index in [1.807, 2.05) is 0 Å². The van der Waals surface area contributed by atoms with E-state index in [4.69, 9.17) is 4.74 Å². The van der Waals surface area contributed by atoms with Crippen molar-refractivity contribution < 1.29 is 9.53 Å². The molecule has 0 spiro atoms. The van der Waals surface area contributed by atoms with Crippen molar-refractivity contribution in [3.63, 3.8) is 0 Å². The van der Waals surface area contributed by atoms with Gasteiger partial charge in [0.1, 0.15) is 0 Å². The Morgan fingerprint density at radius 2 is 1.90 bits per heavy atom. The second-order valence-corrected chi connectivity index (χ2v) is 6.45. The maximum absolute atomic E-state index is 12.3. The Morgan fingerprint density at radius 3 is 2.52 bits per heavy atom. The Balaban J connectivity index is 1.65. The molecule has 2 fully saturated rings. The molecule has 0 aliphatic carbocycles. The summed E-state index contributed by atoms with van der Waals surface area (Å²) in [5.41, 5.74) is 0. The molecule has 2 heterocycles. The van der Waals surface area contributed by atoms with Gasteiger partial charge in [-0.3, -0.25) is 9.69 Å². The SMILES string of the molecule is COC[C@H](C)N1CCN(C(=O)CCC2CCNCC2)CC1. The van der Waals surface area contributed by atoms with Gasteiger partial charge in [-0.15, -0.1) is 0 Å². The molecule has 2 rings (SSSR count). The minimum absolute atomic E-state index is 0.354. The minimum atomic E-state index is 0.354. The van der Waals surface area contributed by atoms with Crippen LogP contribution in [0.2, 0.25) is 0 Å². The van der Waals surface area contributed by atoms with Gasteiger partial charge in [0, 0.05) is 45.8 Å². The zero-order chi connectivity index (χ0) is 15.1. The highest BCUT2D eigenvalue weighted by Crippen LogP contribution is 2.19. The van der Waals surface area contributed by atoms with Gasteiger partial charge in [0.15, 0.2) is 0 Å². The molecule has 2 aliphatic heterocycles. The summed E-state index contributed by atoms with van der Waals surface area (Å²) in [7, 11) is 1.75. The van der Waals surface area contributed by atoms with Crippen LogP contribution in [-0.2, 0) is 9.53 Å². The molecule has 0 unspecified atom stereocenters. The summed E-state index contributed by atoms with van der Waals surface area (Å²) in [4.78, 5) is 16.8. The van der Waals surface area contributed by atoms with E-state index in [0.29, 0.717) is 11.9 Å². The van der Waals surface area contributed by atoms with Gasteiger partial charge in [0.2, 0.25) is 5.91 Å². The highest BCUT2D eigenvalue weighted by atomic mass is 16.5. The molecule has 21 heavy (non-hydrogen) atoms. The Morgan fingerprint density at radius 1 is 1.24 bits per heavy atom.